The largest absolute Gasteiger partial charge is 1.00 e. The molecule has 246 valence electrons. The monoisotopic (exact) mass is 602 g/mol. The van der Waals surface area contributed by atoms with Crippen LogP contribution in [-0.2, 0) is 4.79 Å². The number of carboxylic acid groups (broad SMARTS) is 1. The predicted octanol–water partition coefficient (Wildman–Crippen LogP) is 8.56. The molecule has 0 radical (unpaired) electrons. The van der Waals surface area contributed by atoms with E-state index in [0.29, 0.717) is 6.42 Å². The van der Waals surface area contributed by atoms with E-state index in [0.717, 1.165) is 25.9 Å². The molecular weight excluding hydrogens is 525 g/mol. The van der Waals surface area contributed by atoms with Crippen LogP contribution in [0.4, 0.5) is 0 Å². The third-order valence-corrected chi connectivity index (χ3v) is 9.20. The summed E-state index contributed by atoms with van der Waals surface area (Å²) in [6.07, 6.45) is 41.7. The summed E-state index contributed by atoms with van der Waals surface area (Å²) in [6, 6.07) is -0.409. The molecule has 0 aromatic rings. The molecule has 4 heteroatoms. The minimum atomic E-state index is -0.880. The average molecular weight is 602 g/mol. The third kappa shape index (κ3) is 31.8. The van der Waals surface area contributed by atoms with Crippen LogP contribution in [0, 0.1) is 0 Å². The maximum Gasteiger partial charge on any atom is 1.00 e. The molecule has 0 rings (SSSR count). The van der Waals surface area contributed by atoms with E-state index in [1.807, 2.05) is 6.92 Å². The van der Waals surface area contributed by atoms with E-state index in [1.54, 1.807) is 0 Å². The molecule has 0 saturated carbocycles. The molecule has 0 saturated heterocycles. The topological polar surface area (TPSA) is 43.4 Å². The van der Waals surface area contributed by atoms with Gasteiger partial charge in [0, 0.05) is 6.04 Å². The number of aliphatic carboxylic acids is 1. The van der Waals surface area contributed by atoms with Crippen molar-refractivity contribution in [2.75, 3.05) is 13.1 Å². The first-order chi connectivity index (χ1) is 20.2. The van der Waals surface area contributed by atoms with Gasteiger partial charge in [0.15, 0.2) is 0 Å². The molecule has 0 aromatic heterocycles. The molecular formula is C38H76NNaO2. The third-order valence-electron chi connectivity index (χ3n) is 9.20. The molecule has 1 unspecified atom stereocenters. The number of carboxylic acids is 1. The average Bonchev–Trinajstić information content (AvgIpc) is 2.96. The summed E-state index contributed by atoms with van der Waals surface area (Å²) in [5, 5.41) is 11.7. The molecule has 0 aliphatic carbocycles. The SMILES string of the molecule is CCCCCCCCCCCCCCCCCN(CCCCCCCCCCCCCCCCC)C(CC)C(=O)[O-].[Na+]. The smallest absolute Gasteiger partial charge is 0.548 e. The standard InChI is InChI=1S/C38H77NO2.Na/c1-4-7-9-11-13-15-17-19-21-23-25-27-29-31-33-35-39(37(6-3)38(40)41)36-34-32-30-28-26-24-22-20-18-16-14-12-10-8-5-2;/h37H,4-36H2,1-3H3,(H,40,41);/q;+1/p-1. The van der Waals surface area contributed by atoms with Crippen LogP contribution >= 0.6 is 0 Å². The zero-order valence-corrected chi connectivity index (χ0v) is 31.7. The number of carbonyl (C=O) groups is 1. The Labute approximate surface area is 287 Å². The van der Waals surface area contributed by atoms with Gasteiger partial charge in [0.25, 0.3) is 0 Å². The Balaban J connectivity index is 0. The maximum atomic E-state index is 11.7. The van der Waals surface area contributed by atoms with E-state index in [1.165, 1.54) is 180 Å². The normalized spacial score (nSPS) is 12.1. The van der Waals surface area contributed by atoms with E-state index < -0.39 is 12.0 Å². The fraction of sp³-hybridized carbons (Fsp3) is 0.974. The first-order valence-corrected chi connectivity index (χ1v) is 19.1. The van der Waals surface area contributed by atoms with Gasteiger partial charge in [0.05, 0.1) is 5.97 Å². The zero-order chi connectivity index (χ0) is 30.1. The Hall–Kier alpha value is 0.430. The van der Waals surface area contributed by atoms with Crippen LogP contribution < -0.4 is 34.7 Å². The predicted molar refractivity (Wildman–Crippen MR) is 181 cm³/mol. The Morgan fingerprint density at radius 2 is 0.643 bits per heavy atom. The van der Waals surface area contributed by atoms with E-state index in [9.17, 15) is 9.90 Å². The maximum absolute atomic E-state index is 11.7. The second-order valence-corrected chi connectivity index (χ2v) is 13.2. The number of rotatable bonds is 35. The van der Waals surface area contributed by atoms with Gasteiger partial charge < -0.3 is 9.90 Å². The number of hydrogen-bond acceptors (Lipinski definition) is 3. The van der Waals surface area contributed by atoms with Crippen molar-refractivity contribution in [1.82, 2.24) is 4.90 Å². The van der Waals surface area contributed by atoms with Crippen LogP contribution in [0.1, 0.15) is 220 Å². The summed E-state index contributed by atoms with van der Waals surface area (Å²) in [5.41, 5.74) is 0. The van der Waals surface area contributed by atoms with Gasteiger partial charge in [-0.05, 0) is 32.4 Å². The van der Waals surface area contributed by atoms with E-state index in [4.69, 9.17) is 0 Å². The molecule has 0 fully saturated rings. The summed E-state index contributed by atoms with van der Waals surface area (Å²) in [7, 11) is 0. The minimum absolute atomic E-state index is 0. The summed E-state index contributed by atoms with van der Waals surface area (Å²) < 4.78 is 0. The van der Waals surface area contributed by atoms with Crippen LogP contribution in [0.25, 0.3) is 0 Å². The Kier molecular flexibility index (Phi) is 39.9. The van der Waals surface area contributed by atoms with Gasteiger partial charge in [-0.15, -0.1) is 0 Å². The molecule has 0 aromatic carbocycles. The van der Waals surface area contributed by atoms with Crippen LogP contribution in [0.2, 0.25) is 0 Å². The van der Waals surface area contributed by atoms with Crippen molar-refractivity contribution >= 4 is 5.97 Å². The van der Waals surface area contributed by atoms with Crippen molar-refractivity contribution in [3.05, 3.63) is 0 Å². The summed E-state index contributed by atoms with van der Waals surface area (Å²) in [6.45, 7) is 8.41. The first kappa shape index (κ1) is 44.6. The Morgan fingerprint density at radius 3 is 0.833 bits per heavy atom. The molecule has 0 N–H and O–H groups in total. The van der Waals surface area contributed by atoms with Crippen molar-refractivity contribution in [2.24, 2.45) is 0 Å². The van der Waals surface area contributed by atoms with Gasteiger partial charge in [0.1, 0.15) is 0 Å². The molecule has 0 bridgehead atoms. The molecule has 0 amide bonds. The van der Waals surface area contributed by atoms with Gasteiger partial charge >= 0.3 is 29.6 Å². The van der Waals surface area contributed by atoms with Gasteiger partial charge in [-0.2, -0.15) is 0 Å². The number of hydrogen-bond donors (Lipinski definition) is 0. The second kappa shape index (κ2) is 37.6. The van der Waals surface area contributed by atoms with Gasteiger partial charge in [-0.25, -0.2) is 0 Å². The Bertz CT molecular complexity index is 481. The van der Waals surface area contributed by atoms with E-state index >= 15 is 0 Å². The van der Waals surface area contributed by atoms with Crippen molar-refractivity contribution in [3.8, 4) is 0 Å². The van der Waals surface area contributed by atoms with Crippen LogP contribution in [0.5, 0.6) is 0 Å². The number of unbranched alkanes of at least 4 members (excludes halogenated alkanes) is 28. The van der Waals surface area contributed by atoms with E-state index in [-0.39, 0.29) is 29.6 Å². The molecule has 0 spiro atoms. The summed E-state index contributed by atoms with van der Waals surface area (Å²) >= 11 is 0. The van der Waals surface area contributed by atoms with Gasteiger partial charge in [-0.3, -0.25) is 4.90 Å². The Morgan fingerprint density at radius 1 is 0.429 bits per heavy atom. The summed E-state index contributed by atoms with van der Waals surface area (Å²) in [4.78, 5) is 14.0. The van der Waals surface area contributed by atoms with Gasteiger partial charge in [-0.1, -0.05) is 201 Å². The quantitative estimate of drug-likeness (QED) is 0.0540. The molecule has 3 nitrogen and oxygen atoms in total. The van der Waals surface area contributed by atoms with Crippen LogP contribution in [0.3, 0.4) is 0 Å². The minimum Gasteiger partial charge on any atom is -0.548 e. The molecule has 1 atom stereocenters. The van der Waals surface area contributed by atoms with Crippen molar-refractivity contribution in [2.45, 2.75) is 226 Å². The fourth-order valence-corrected chi connectivity index (χ4v) is 6.37. The molecule has 0 aliphatic rings. The molecule has 42 heavy (non-hydrogen) atoms. The van der Waals surface area contributed by atoms with Crippen molar-refractivity contribution in [3.63, 3.8) is 0 Å². The molecule has 0 heterocycles. The van der Waals surface area contributed by atoms with Crippen molar-refractivity contribution in [1.29, 1.82) is 0 Å². The summed E-state index contributed by atoms with van der Waals surface area (Å²) in [5.74, 6) is -0.880. The fourth-order valence-electron chi connectivity index (χ4n) is 6.37. The second-order valence-electron chi connectivity index (χ2n) is 13.2. The van der Waals surface area contributed by atoms with Crippen LogP contribution in [-0.4, -0.2) is 30.0 Å². The van der Waals surface area contributed by atoms with Gasteiger partial charge in [0.2, 0.25) is 0 Å². The zero-order valence-electron chi connectivity index (χ0n) is 29.7. The number of carbonyl (C=O) groups excluding carboxylic acids is 1. The van der Waals surface area contributed by atoms with Crippen LogP contribution in [0.15, 0.2) is 0 Å². The van der Waals surface area contributed by atoms with E-state index in [2.05, 4.69) is 18.7 Å². The first-order valence-electron chi connectivity index (χ1n) is 19.1. The number of nitrogens with zero attached hydrogens (tertiary/aromatic N) is 1. The van der Waals surface area contributed by atoms with Crippen molar-refractivity contribution < 1.29 is 39.5 Å². The molecule has 0 aliphatic heterocycles.